The molecule has 108 valence electrons. The smallest absolute Gasteiger partial charge is 0.211 e. The third-order valence-corrected chi connectivity index (χ3v) is 4.26. The van der Waals surface area contributed by atoms with Gasteiger partial charge in [-0.15, -0.1) is 0 Å². The van der Waals surface area contributed by atoms with Gasteiger partial charge in [0.05, 0.1) is 11.4 Å². The molecule has 0 aliphatic heterocycles. The van der Waals surface area contributed by atoms with Gasteiger partial charge >= 0.3 is 0 Å². The first-order valence-corrected chi connectivity index (χ1v) is 8.34. The molecule has 2 N–H and O–H groups in total. The first-order valence-electron chi connectivity index (χ1n) is 6.69. The van der Waals surface area contributed by atoms with Gasteiger partial charge in [-0.3, -0.25) is 0 Å². The first kappa shape index (κ1) is 15.9. The average Bonchev–Trinajstić information content (AvgIpc) is 3.06. The molecular formula is C12H26N2O3S. The lowest BCUT2D eigenvalue weighted by Gasteiger charge is -2.24. The van der Waals surface area contributed by atoms with E-state index >= 15 is 0 Å². The van der Waals surface area contributed by atoms with Gasteiger partial charge in [-0.1, -0.05) is 0 Å². The first-order chi connectivity index (χ1) is 8.35. The van der Waals surface area contributed by atoms with Crippen molar-refractivity contribution >= 4 is 10.0 Å². The van der Waals surface area contributed by atoms with E-state index in [2.05, 4.69) is 10.0 Å². The van der Waals surface area contributed by atoms with Crippen molar-refractivity contribution in [3.63, 3.8) is 0 Å². The van der Waals surface area contributed by atoms with Gasteiger partial charge in [0.1, 0.15) is 0 Å². The van der Waals surface area contributed by atoms with Crippen LogP contribution in [0.4, 0.5) is 0 Å². The van der Waals surface area contributed by atoms with Gasteiger partial charge in [-0.25, -0.2) is 13.1 Å². The van der Waals surface area contributed by atoms with Crippen LogP contribution in [0.25, 0.3) is 0 Å². The quantitative estimate of drug-likeness (QED) is 0.582. The van der Waals surface area contributed by atoms with Crippen molar-refractivity contribution < 1.29 is 13.2 Å². The monoisotopic (exact) mass is 278 g/mol. The van der Waals surface area contributed by atoms with E-state index in [4.69, 9.17) is 4.74 Å². The summed E-state index contributed by atoms with van der Waals surface area (Å²) in [5.74, 6) is 0.176. The minimum atomic E-state index is -3.18. The Balaban J connectivity index is 2.17. The summed E-state index contributed by atoms with van der Waals surface area (Å²) < 4.78 is 31.6. The Bertz CT molecular complexity index is 337. The minimum Gasteiger partial charge on any atom is -0.375 e. The van der Waals surface area contributed by atoms with Crippen LogP contribution in [0.2, 0.25) is 0 Å². The summed E-state index contributed by atoms with van der Waals surface area (Å²) >= 11 is 0. The predicted molar refractivity (Wildman–Crippen MR) is 73.1 cm³/mol. The molecule has 0 aromatic rings. The lowest BCUT2D eigenvalue weighted by atomic mass is 10.1. The molecule has 0 saturated heterocycles. The van der Waals surface area contributed by atoms with Gasteiger partial charge in [0, 0.05) is 19.2 Å². The largest absolute Gasteiger partial charge is 0.375 e. The summed E-state index contributed by atoms with van der Waals surface area (Å²) in [5, 5.41) is 3.30. The Labute approximate surface area is 111 Å². The molecule has 0 amide bonds. The molecule has 0 spiro atoms. The molecule has 0 atom stereocenters. The van der Waals surface area contributed by atoms with Crippen molar-refractivity contribution in [1.29, 1.82) is 0 Å². The average molecular weight is 278 g/mol. The van der Waals surface area contributed by atoms with E-state index in [1.807, 2.05) is 20.8 Å². The molecule has 0 bridgehead atoms. The maximum Gasteiger partial charge on any atom is 0.211 e. The highest BCUT2D eigenvalue weighted by Crippen LogP contribution is 2.18. The highest BCUT2D eigenvalue weighted by atomic mass is 32.2. The number of ether oxygens (including phenoxy) is 1. The van der Waals surface area contributed by atoms with Crippen LogP contribution < -0.4 is 10.0 Å². The second kappa shape index (κ2) is 6.84. The topological polar surface area (TPSA) is 67.4 Å². The highest BCUT2D eigenvalue weighted by Gasteiger charge is 2.22. The lowest BCUT2D eigenvalue weighted by molar-refractivity contribution is -0.00514. The zero-order chi connectivity index (χ0) is 13.6. The van der Waals surface area contributed by atoms with E-state index < -0.39 is 15.6 Å². The zero-order valence-corrected chi connectivity index (χ0v) is 12.5. The molecule has 1 aliphatic carbocycles. The molecule has 1 saturated carbocycles. The number of hydrogen-bond donors (Lipinski definition) is 2. The van der Waals surface area contributed by atoms with Gasteiger partial charge < -0.3 is 10.1 Å². The van der Waals surface area contributed by atoms with Crippen LogP contribution in [0, 0.1) is 0 Å². The zero-order valence-electron chi connectivity index (χ0n) is 11.7. The van der Waals surface area contributed by atoms with Crippen LogP contribution >= 0.6 is 0 Å². The Morgan fingerprint density at radius 2 is 2.00 bits per heavy atom. The Morgan fingerprint density at radius 1 is 1.33 bits per heavy atom. The van der Waals surface area contributed by atoms with Crippen LogP contribution in [-0.2, 0) is 14.8 Å². The van der Waals surface area contributed by atoms with Crippen LogP contribution in [0.5, 0.6) is 0 Å². The summed E-state index contributed by atoms with van der Waals surface area (Å²) in [5.41, 5.74) is -0.450. The van der Waals surface area contributed by atoms with Crippen molar-refractivity contribution in [1.82, 2.24) is 10.0 Å². The third kappa shape index (κ3) is 7.31. The van der Waals surface area contributed by atoms with E-state index in [1.54, 1.807) is 0 Å². The predicted octanol–water partition coefficient (Wildman–Crippen LogP) is 0.863. The second-order valence-corrected chi connectivity index (χ2v) is 7.34. The standard InChI is InChI=1S/C12H26N2O3S/c1-4-17-12(2,3)10-14-18(15,16)9-5-8-13-11-6-7-11/h11,13-14H,4-10H2,1-3H3. The van der Waals surface area contributed by atoms with Gasteiger partial charge in [0.15, 0.2) is 0 Å². The van der Waals surface area contributed by atoms with E-state index in [9.17, 15) is 8.42 Å². The molecule has 1 fully saturated rings. The fraction of sp³-hybridized carbons (Fsp3) is 1.00. The van der Waals surface area contributed by atoms with E-state index in [1.165, 1.54) is 12.8 Å². The fourth-order valence-corrected chi connectivity index (χ4v) is 2.89. The molecular weight excluding hydrogens is 252 g/mol. The Hall–Kier alpha value is -0.170. The summed E-state index contributed by atoms with van der Waals surface area (Å²) in [6.07, 6.45) is 3.11. The van der Waals surface area contributed by atoms with Crippen molar-refractivity contribution in [2.24, 2.45) is 0 Å². The third-order valence-electron chi connectivity index (χ3n) is 2.85. The summed E-state index contributed by atoms with van der Waals surface area (Å²) in [7, 11) is -3.18. The molecule has 1 rings (SSSR count). The van der Waals surface area contributed by atoms with Gasteiger partial charge in [0.2, 0.25) is 10.0 Å². The van der Waals surface area contributed by atoms with E-state index in [-0.39, 0.29) is 5.75 Å². The van der Waals surface area contributed by atoms with Gasteiger partial charge in [0.25, 0.3) is 0 Å². The number of nitrogens with one attached hydrogen (secondary N) is 2. The van der Waals surface area contributed by atoms with Crippen LogP contribution in [-0.4, -0.2) is 45.5 Å². The number of sulfonamides is 1. The van der Waals surface area contributed by atoms with E-state index in [0.29, 0.717) is 25.6 Å². The second-order valence-electron chi connectivity index (χ2n) is 5.41. The summed E-state index contributed by atoms with van der Waals surface area (Å²) in [6.45, 7) is 7.35. The lowest BCUT2D eigenvalue weighted by Crippen LogP contribution is -2.41. The summed E-state index contributed by atoms with van der Waals surface area (Å²) in [6, 6.07) is 0.637. The van der Waals surface area contributed by atoms with Gasteiger partial charge in [-0.2, -0.15) is 0 Å². The molecule has 5 nitrogen and oxygen atoms in total. The van der Waals surface area contributed by atoms with Crippen molar-refractivity contribution in [2.45, 2.75) is 51.7 Å². The van der Waals surface area contributed by atoms with Crippen LogP contribution in [0.3, 0.4) is 0 Å². The molecule has 0 heterocycles. The highest BCUT2D eigenvalue weighted by molar-refractivity contribution is 7.89. The Morgan fingerprint density at radius 3 is 2.56 bits per heavy atom. The number of hydrogen-bond acceptors (Lipinski definition) is 4. The maximum atomic E-state index is 11.7. The van der Waals surface area contributed by atoms with Crippen LogP contribution in [0.1, 0.15) is 40.0 Å². The van der Waals surface area contributed by atoms with Crippen molar-refractivity contribution in [2.75, 3.05) is 25.4 Å². The minimum absolute atomic E-state index is 0.176. The Kier molecular flexibility index (Phi) is 6.04. The molecule has 0 radical (unpaired) electrons. The van der Waals surface area contributed by atoms with Gasteiger partial charge in [-0.05, 0) is 46.6 Å². The normalized spacial score (nSPS) is 17.1. The van der Waals surface area contributed by atoms with Crippen LogP contribution in [0.15, 0.2) is 0 Å². The van der Waals surface area contributed by atoms with Crippen molar-refractivity contribution in [3.05, 3.63) is 0 Å². The molecule has 1 aliphatic rings. The molecule has 0 aromatic heterocycles. The molecule has 6 heteroatoms. The summed E-state index contributed by atoms with van der Waals surface area (Å²) in [4.78, 5) is 0. The molecule has 0 unspecified atom stereocenters. The van der Waals surface area contributed by atoms with E-state index in [0.717, 1.165) is 6.54 Å². The number of rotatable bonds is 10. The van der Waals surface area contributed by atoms with Crippen molar-refractivity contribution in [3.8, 4) is 0 Å². The maximum absolute atomic E-state index is 11.7. The SMILES string of the molecule is CCOC(C)(C)CNS(=O)(=O)CCCNC1CC1. The fourth-order valence-electron chi connectivity index (χ4n) is 1.65. The molecule has 0 aromatic carbocycles. The molecule has 18 heavy (non-hydrogen) atoms.